The molecule has 0 bridgehead atoms. The van der Waals surface area contributed by atoms with Gasteiger partial charge >= 0.3 is 12.1 Å². The number of hydrogen-bond donors (Lipinski definition) is 2. The Balaban J connectivity index is 1.32. The van der Waals surface area contributed by atoms with Crippen molar-refractivity contribution in [2.45, 2.75) is 31.5 Å². The molecule has 13 heteroatoms. The molecule has 210 valence electrons. The fraction of sp³-hybridized carbons (Fsp3) is 0.333. The Kier molecular flexibility index (Phi) is 7.92. The van der Waals surface area contributed by atoms with Gasteiger partial charge in [-0.25, -0.2) is 4.68 Å². The topological polar surface area (TPSA) is 118 Å². The van der Waals surface area contributed by atoms with Gasteiger partial charge in [0.1, 0.15) is 0 Å². The van der Waals surface area contributed by atoms with E-state index >= 15 is 0 Å². The summed E-state index contributed by atoms with van der Waals surface area (Å²) in [6, 6.07) is 12.4. The van der Waals surface area contributed by atoms with Gasteiger partial charge in [-0.2, -0.15) is 23.3 Å². The Morgan fingerprint density at radius 2 is 1.88 bits per heavy atom. The number of carbonyl (C=O) groups is 1. The quantitative estimate of drug-likeness (QED) is 0.284. The molecular weight excluding hydrogens is 551 g/mol. The molecule has 5 rings (SSSR count). The highest BCUT2D eigenvalue weighted by Crippen LogP contribution is 2.38. The molecule has 1 aliphatic rings. The number of rotatable bonds is 8. The van der Waals surface area contributed by atoms with E-state index in [1.165, 1.54) is 24.3 Å². The third-order valence-corrected chi connectivity index (χ3v) is 7.07. The number of β-amino-alcohol motifs (C(OH)–C–C–N with tert-alkyl or cyclic N) is 1. The van der Waals surface area contributed by atoms with Gasteiger partial charge in [0.2, 0.25) is 5.82 Å². The smallest absolute Gasteiger partial charge is 0.434 e. The van der Waals surface area contributed by atoms with Crippen molar-refractivity contribution in [2.75, 3.05) is 19.6 Å². The number of piperidine rings is 1. The van der Waals surface area contributed by atoms with Crippen LogP contribution in [0.15, 0.2) is 59.3 Å². The first-order valence-corrected chi connectivity index (χ1v) is 12.9. The van der Waals surface area contributed by atoms with Crippen molar-refractivity contribution < 1.29 is 32.7 Å². The SMILES string of the molecule is O=C(O)C[C@H]1CCCN(C[C@H](O)c2ccc(-c3noc(-c4cnn(-c5ccc(Cl)cc5)c4C(F)(F)F)n3)cc2)C1. The largest absolute Gasteiger partial charge is 0.481 e. The van der Waals surface area contributed by atoms with E-state index in [0.717, 1.165) is 30.3 Å². The van der Waals surface area contributed by atoms with Crippen LogP contribution in [0.2, 0.25) is 5.02 Å². The molecule has 4 aromatic rings. The second-order valence-electron chi connectivity index (χ2n) is 9.72. The van der Waals surface area contributed by atoms with Crippen LogP contribution in [-0.2, 0) is 11.0 Å². The first kappa shape index (κ1) is 27.8. The number of halogens is 4. The maximum atomic E-state index is 14.1. The van der Waals surface area contributed by atoms with Crippen molar-refractivity contribution in [2.24, 2.45) is 5.92 Å². The lowest BCUT2D eigenvalue weighted by molar-refractivity contribution is -0.142. The molecule has 0 saturated carbocycles. The van der Waals surface area contributed by atoms with Crippen LogP contribution in [0.5, 0.6) is 0 Å². The minimum absolute atomic E-state index is 0.0596. The molecule has 1 fully saturated rings. The van der Waals surface area contributed by atoms with Crippen molar-refractivity contribution in [3.05, 3.63) is 71.0 Å². The Morgan fingerprint density at radius 1 is 1.15 bits per heavy atom. The third kappa shape index (κ3) is 6.19. The van der Waals surface area contributed by atoms with Crippen molar-refractivity contribution in [1.82, 2.24) is 24.8 Å². The number of alkyl halides is 3. The standard InChI is InChI=1S/C27H25ClF3N5O4/c28-19-7-9-20(10-8-19)36-24(27(29,30)31)21(13-32-36)26-33-25(34-40-26)18-5-3-17(4-6-18)22(37)15-35-11-1-2-16(14-35)12-23(38)39/h3-10,13,16,22,37H,1-2,11-12,14-15H2,(H,38,39)/t16-,22+/m1/s1. The summed E-state index contributed by atoms with van der Waals surface area (Å²) in [5, 5.41) is 27.9. The maximum absolute atomic E-state index is 14.1. The van der Waals surface area contributed by atoms with Gasteiger partial charge in [0.05, 0.1) is 23.6 Å². The number of aliphatic carboxylic acids is 1. The van der Waals surface area contributed by atoms with Crippen LogP contribution in [0.25, 0.3) is 28.5 Å². The molecule has 1 saturated heterocycles. The summed E-state index contributed by atoms with van der Waals surface area (Å²) < 4.78 is 48.1. The lowest BCUT2D eigenvalue weighted by atomic mass is 9.94. The van der Waals surface area contributed by atoms with Crippen LogP contribution >= 0.6 is 11.6 Å². The van der Waals surface area contributed by atoms with Crippen molar-refractivity contribution in [3.63, 3.8) is 0 Å². The Hall–Kier alpha value is -3.74. The minimum atomic E-state index is -4.76. The van der Waals surface area contributed by atoms with Gasteiger partial charge in [-0.1, -0.05) is 41.0 Å². The highest BCUT2D eigenvalue weighted by atomic mass is 35.5. The van der Waals surface area contributed by atoms with Crippen molar-refractivity contribution in [3.8, 4) is 28.5 Å². The minimum Gasteiger partial charge on any atom is -0.481 e. The number of aliphatic hydroxyl groups excluding tert-OH is 1. The first-order chi connectivity index (χ1) is 19.1. The van der Waals surface area contributed by atoms with E-state index in [1.54, 1.807) is 24.3 Å². The molecule has 40 heavy (non-hydrogen) atoms. The van der Waals surface area contributed by atoms with E-state index in [4.69, 9.17) is 21.2 Å². The summed E-state index contributed by atoms with van der Waals surface area (Å²) in [6.07, 6.45) is -2.70. The predicted molar refractivity (Wildman–Crippen MR) is 139 cm³/mol. The molecule has 0 aliphatic carbocycles. The molecule has 0 unspecified atom stereocenters. The second-order valence-corrected chi connectivity index (χ2v) is 10.2. The molecule has 0 radical (unpaired) electrons. The number of carboxylic acids is 1. The Morgan fingerprint density at radius 3 is 2.55 bits per heavy atom. The number of benzene rings is 2. The molecule has 2 atom stereocenters. The fourth-order valence-electron chi connectivity index (χ4n) is 4.94. The average Bonchev–Trinajstić information content (AvgIpc) is 3.57. The first-order valence-electron chi connectivity index (χ1n) is 12.6. The van der Waals surface area contributed by atoms with Crippen molar-refractivity contribution >= 4 is 17.6 Å². The number of hydrogen-bond acceptors (Lipinski definition) is 7. The van der Waals surface area contributed by atoms with E-state index < -0.39 is 23.9 Å². The van der Waals surface area contributed by atoms with Crippen molar-refractivity contribution in [1.29, 1.82) is 0 Å². The molecule has 1 aliphatic heterocycles. The van der Waals surface area contributed by atoms with Gasteiger partial charge in [0.15, 0.2) is 5.69 Å². The maximum Gasteiger partial charge on any atom is 0.434 e. The Labute approximate surface area is 231 Å². The molecule has 2 aromatic heterocycles. The van der Waals surface area contributed by atoms with Crippen LogP contribution in [0.1, 0.15) is 36.6 Å². The number of aliphatic hydroxyl groups is 1. The molecule has 3 heterocycles. The van der Waals surface area contributed by atoms with Gasteiger partial charge in [-0.15, -0.1) is 0 Å². The average molecular weight is 576 g/mol. The summed E-state index contributed by atoms with van der Waals surface area (Å²) >= 11 is 5.86. The molecule has 2 aromatic carbocycles. The van der Waals surface area contributed by atoms with Crippen LogP contribution in [0.3, 0.4) is 0 Å². The highest BCUT2D eigenvalue weighted by molar-refractivity contribution is 6.30. The summed E-state index contributed by atoms with van der Waals surface area (Å²) in [7, 11) is 0. The van der Waals surface area contributed by atoms with E-state index in [-0.39, 0.29) is 35.3 Å². The summed E-state index contributed by atoms with van der Waals surface area (Å²) in [5.41, 5.74) is -0.137. The van der Waals surface area contributed by atoms with E-state index in [2.05, 4.69) is 20.1 Å². The highest BCUT2D eigenvalue weighted by Gasteiger charge is 2.40. The third-order valence-electron chi connectivity index (χ3n) is 6.82. The van der Waals surface area contributed by atoms with Gasteiger partial charge in [-0.05, 0) is 55.1 Å². The lowest BCUT2D eigenvalue weighted by Crippen LogP contribution is -2.38. The molecule has 9 nitrogen and oxygen atoms in total. The van der Waals surface area contributed by atoms with Gasteiger partial charge in [0, 0.05) is 30.1 Å². The zero-order valence-electron chi connectivity index (χ0n) is 21.1. The van der Waals surface area contributed by atoms with Gasteiger partial charge < -0.3 is 19.6 Å². The molecular formula is C27H25ClF3N5O4. The van der Waals surface area contributed by atoms with E-state index in [1.807, 2.05) is 0 Å². The van der Waals surface area contributed by atoms with Crippen LogP contribution in [0, 0.1) is 5.92 Å². The lowest BCUT2D eigenvalue weighted by Gasteiger charge is -2.33. The van der Waals surface area contributed by atoms with E-state index in [0.29, 0.717) is 29.2 Å². The second kappa shape index (κ2) is 11.4. The molecule has 2 N–H and O–H groups in total. The predicted octanol–water partition coefficient (Wildman–Crippen LogP) is 5.48. The number of nitrogens with zero attached hydrogens (tertiary/aromatic N) is 5. The zero-order chi connectivity index (χ0) is 28.4. The zero-order valence-corrected chi connectivity index (χ0v) is 21.8. The summed E-state index contributed by atoms with van der Waals surface area (Å²) in [5.74, 6) is -1.02. The summed E-state index contributed by atoms with van der Waals surface area (Å²) in [6.45, 7) is 1.76. The Bertz CT molecular complexity index is 1470. The normalized spacial score (nSPS) is 17.2. The van der Waals surface area contributed by atoms with E-state index in [9.17, 15) is 23.1 Å². The molecule has 0 amide bonds. The van der Waals surface area contributed by atoms with Gasteiger partial charge in [0.25, 0.3) is 5.89 Å². The fourth-order valence-corrected chi connectivity index (χ4v) is 5.07. The van der Waals surface area contributed by atoms with Gasteiger partial charge in [-0.3, -0.25) is 4.79 Å². The van der Waals surface area contributed by atoms with Crippen LogP contribution < -0.4 is 0 Å². The number of aromatic nitrogens is 4. The van der Waals surface area contributed by atoms with Crippen LogP contribution in [0.4, 0.5) is 13.2 Å². The molecule has 0 spiro atoms. The summed E-state index contributed by atoms with van der Waals surface area (Å²) in [4.78, 5) is 17.3. The van der Waals surface area contributed by atoms with Crippen LogP contribution in [-0.4, -0.2) is 60.6 Å². The number of carboxylic acid groups (broad SMARTS) is 1. The monoisotopic (exact) mass is 575 g/mol. The number of likely N-dealkylation sites (tertiary alicyclic amines) is 1.